The van der Waals surface area contributed by atoms with Crippen molar-refractivity contribution in [1.29, 1.82) is 5.26 Å². The van der Waals surface area contributed by atoms with Crippen molar-refractivity contribution < 1.29 is 0 Å². The molecular formula is C13H18ClN3. The van der Waals surface area contributed by atoms with Gasteiger partial charge in [0.1, 0.15) is 0 Å². The van der Waals surface area contributed by atoms with E-state index in [4.69, 9.17) is 16.9 Å². The first-order chi connectivity index (χ1) is 8.36. The number of pyridine rings is 1. The molecule has 0 saturated heterocycles. The van der Waals surface area contributed by atoms with Crippen LogP contribution >= 0.6 is 11.6 Å². The molecule has 1 heterocycles. The molecule has 0 radical (unpaired) electrons. The van der Waals surface area contributed by atoms with Crippen LogP contribution in [-0.4, -0.2) is 28.9 Å². The van der Waals surface area contributed by atoms with Gasteiger partial charge in [-0.3, -0.25) is 9.88 Å². The van der Waals surface area contributed by atoms with E-state index in [1.807, 2.05) is 12.3 Å². The molecule has 17 heavy (non-hydrogen) atoms. The Morgan fingerprint density at radius 1 is 1.35 bits per heavy atom. The highest BCUT2D eigenvalue weighted by atomic mass is 35.5. The second-order valence-electron chi connectivity index (χ2n) is 3.94. The normalized spacial score (nSPS) is 10.4. The van der Waals surface area contributed by atoms with Gasteiger partial charge >= 0.3 is 0 Å². The predicted octanol–water partition coefficient (Wildman–Crippen LogP) is 2.82. The largest absolute Gasteiger partial charge is 0.298 e. The maximum atomic E-state index is 8.64. The molecule has 0 aliphatic carbocycles. The third-order valence-electron chi connectivity index (χ3n) is 2.53. The van der Waals surface area contributed by atoms with Gasteiger partial charge in [0.15, 0.2) is 0 Å². The van der Waals surface area contributed by atoms with Crippen molar-refractivity contribution in [3.8, 4) is 6.07 Å². The first-order valence-corrected chi connectivity index (χ1v) is 6.44. The Hall–Kier alpha value is -1.11. The smallest absolute Gasteiger partial charge is 0.0635 e. The molecule has 0 fully saturated rings. The second kappa shape index (κ2) is 8.98. The van der Waals surface area contributed by atoms with Crippen molar-refractivity contribution in [2.24, 2.45) is 0 Å². The Balaban J connectivity index is 2.42. The number of nitriles is 1. The Kier molecular flexibility index (Phi) is 7.37. The minimum absolute atomic E-state index is 0.571. The highest BCUT2D eigenvalue weighted by Gasteiger charge is 2.05. The van der Waals surface area contributed by atoms with Crippen LogP contribution in [0.15, 0.2) is 24.5 Å². The van der Waals surface area contributed by atoms with E-state index in [0.29, 0.717) is 12.3 Å². The highest BCUT2D eigenvalue weighted by molar-refractivity contribution is 6.17. The summed E-state index contributed by atoms with van der Waals surface area (Å²) in [6.45, 7) is 2.66. The third-order valence-corrected chi connectivity index (χ3v) is 2.79. The lowest BCUT2D eigenvalue weighted by Crippen LogP contribution is -2.25. The molecule has 0 unspecified atom stereocenters. The quantitative estimate of drug-likeness (QED) is 0.527. The molecular weight excluding hydrogens is 234 g/mol. The minimum atomic E-state index is 0.571. The van der Waals surface area contributed by atoms with Crippen LogP contribution in [0.2, 0.25) is 0 Å². The molecule has 1 aromatic heterocycles. The summed E-state index contributed by atoms with van der Waals surface area (Å²) in [5, 5.41) is 8.64. The minimum Gasteiger partial charge on any atom is -0.298 e. The van der Waals surface area contributed by atoms with Crippen LogP contribution in [0.3, 0.4) is 0 Å². The molecule has 1 aromatic rings. The fraction of sp³-hybridized carbons (Fsp3) is 0.538. The van der Waals surface area contributed by atoms with Gasteiger partial charge < -0.3 is 0 Å². The maximum Gasteiger partial charge on any atom is 0.0635 e. The molecule has 0 spiro atoms. The Morgan fingerprint density at radius 2 is 2.24 bits per heavy atom. The molecule has 0 aromatic carbocycles. The highest BCUT2D eigenvalue weighted by Crippen LogP contribution is 2.05. The van der Waals surface area contributed by atoms with Crippen molar-refractivity contribution in [2.75, 3.05) is 19.0 Å². The summed E-state index contributed by atoms with van der Waals surface area (Å²) in [5.74, 6) is 0.707. The summed E-state index contributed by atoms with van der Waals surface area (Å²) in [5.41, 5.74) is 1.19. The Morgan fingerprint density at radius 3 is 2.88 bits per heavy atom. The zero-order chi connectivity index (χ0) is 12.3. The van der Waals surface area contributed by atoms with E-state index in [2.05, 4.69) is 22.0 Å². The van der Waals surface area contributed by atoms with Gasteiger partial charge in [-0.15, -0.1) is 11.6 Å². The molecule has 0 bridgehead atoms. The molecule has 3 nitrogen and oxygen atoms in total. The van der Waals surface area contributed by atoms with Crippen LogP contribution in [0.25, 0.3) is 0 Å². The van der Waals surface area contributed by atoms with E-state index >= 15 is 0 Å². The lowest BCUT2D eigenvalue weighted by molar-refractivity contribution is 0.267. The topological polar surface area (TPSA) is 39.9 Å². The Labute approximate surface area is 108 Å². The number of unbranched alkanes of at least 4 members (excludes halogenated alkanes) is 1. The molecule has 0 saturated carbocycles. The average Bonchev–Trinajstić information content (AvgIpc) is 2.37. The number of hydrogen-bond acceptors (Lipinski definition) is 3. The summed E-state index contributed by atoms with van der Waals surface area (Å²) in [6.07, 6.45) is 6.32. The SMILES string of the molecule is N#CCCN(CCCCCl)Cc1cccnc1. The predicted molar refractivity (Wildman–Crippen MR) is 69.7 cm³/mol. The number of rotatable bonds is 8. The lowest BCUT2D eigenvalue weighted by atomic mass is 10.2. The number of aromatic nitrogens is 1. The van der Waals surface area contributed by atoms with Gasteiger partial charge in [0.25, 0.3) is 0 Å². The van der Waals surface area contributed by atoms with Crippen LogP contribution in [0.4, 0.5) is 0 Å². The van der Waals surface area contributed by atoms with Crippen LogP contribution in [0.1, 0.15) is 24.8 Å². The first kappa shape index (κ1) is 14.0. The summed E-state index contributed by atoms with van der Waals surface area (Å²) in [4.78, 5) is 6.39. The van der Waals surface area contributed by atoms with E-state index in [-0.39, 0.29) is 0 Å². The molecule has 0 aliphatic rings. The zero-order valence-corrected chi connectivity index (χ0v) is 10.7. The van der Waals surface area contributed by atoms with Crippen LogP contribution in [0, 0.1) is 11.3 Å². The number of hydrogen-bond donors (Lipinski definition) is 0. The Bertz CT molecular complexity index is 334. The van der Waals surface area contributed by atoms with E-state index in [1.54, 1.807) is 6.20 Å². The molecule has 4 heteroatoms. The van der Waals surface area contributed by atoms with Crippen LogP contribution < -0.4 is 0 Å². The van der Waals surface area contributed by atoms with Crippen LogP contribution in [0.5, 0.6) is 0 Å². The van der Waals surface area contributed by atoms with Gasteiger partial charge in [-0.05, 0) is 31.0 Å². The maximum absolute atomic E-state index is 8.64. The lowest BCUT2D eigenvalue weighted by Gasteiger charge is -2.20. The summed E-state index contributed by atoms with van der Waals surface area (Å²) < 4.78 is 0. The average molecular weight is 252 g/mol. The van der Waals surface area contributed by atoms with E-state index in [1.165, 1.54) is 5.56 Å². The monoisotopic (exact) mass is 251 g/mol. The molecule has 92 valence electrons. The molecule has 0 amide bonds. The van der Waals surface area contributed by atoms with Gasteiger partial charge in [0.2, 0.25) is 0 Å². The van der Waals surface area contributed by atoms with Crippen LogP contribution in [-0.2, 0) is 6.54 Å². The van der Waals surface area contributed by atoms with Crippen molar-refractivity contribution in [3.05, 3.63) is 30.1 Å². The van der Waals surface area contributed by atoms with Gasteiger partial charge in [-0.25, -0.2) is 0 Å². The van der Waals surface area contributed by atoms with Crippen molar-refractivity contribution >= 4 is 11.6 Å². The standard InChI is InChI=1S/C13H18ClN3/c14-6-1-2-9-17(10-4-7-15)12-13-5-3-8-16-11-13/h3,5,8,11H,1-2,4,6,9-10,12H2. The van der Waals surface area contributed by atoms with Gasteiger partial charge in [0, 0.05) is 37.8 Å². The zero-order valence-electron chi connectivity index (χ0n) is 9.98. The number of halogens is 1. The molecule has 0 N–H and O–H groups in total. The van der Waals surface area contributed by atoms with E-state index in [9.17, 15) is 0 Å². The summed E-state index contributed by atoms with van der Waals surface area (Å²) in [6, 6.07) is 6.20. The van der Waals surface area contributed by atoms with E-state index in [0.717, 1.165) is 32.5 Å². The van der Waals surface area contributed by atoms with Gasteiger partial charge in [-0.2, -0.15) is 5.26 Å². The first-order valence-electron chi connectivity index (χ1n) is 5.91. The van der Waals surface area contributed by atoms with E-state index < -0.39 is 0 Å². The van der Waals surface area contributed by atoms with Crippen molar-refractivity contribution in [3.63, 3.8) is 0 Å². The molecule has 0 aliphatic heterocycles. The third kappa shape index (κ3) is 6.25. The van der Waals surface area contributed by atoms with Gasteiger partial charge in [-0.1, -0.05) is 6.07 Å². The van der Waals surface area contributed by atoms with Crippen molar-refractivity contribution in [2.45, 2.75) is 25.8 Å². The fourth-order valence-electron chi connectivity index (χ4n) is 1.66. The fourth-order valence-corrected chi connectivity index (χ4v) is 1.85. The summed E-state index contributed by atoms with van der Waals surface area (Å²) >= 11 is 5.67. The van der Waals surface area contributed by atoms with Crippen molar-refractivity contribution in [1.82, 2.24) is 9.88 Å². The number of alkyl halides is 1. The molecule has 0 atom stereocenters. The van der Waals surface area contributed by atoms with Gasteiger partial charge in [0.05, 0.1) is 6.07 Å². The number of nitrogens with zero attached hydrogens (tertiary/aromatic N) is 3. The second-order valence-corrected chi connectivity index (χ2v) is 4.32. The summed E-state index contributed by atoms with van der Waals surface area (Å²) in [7, 11) is 0. The molecule has 1 rings (SSSR count).